The molecule has 0 radical (unpaired) electrons. The van der Waals surface area contributed by atoms with Gasteiger partial charge in [-0.15, -0.1) is 0 Å². The van der Waals surface area contributed by atoms with Crippen LogP contribution in [0.5, 0.6) is 0 Å². The highest BCUT2D eigenvalue weighted by atomic mass is 16.6. The van der Waals surface area contributed by atoms with E-state index in [0.29, 0.717) is 11.3 Å². The minimum atomic E-state index is -2.37. The van der Waals surface area contributed by atoms with Gasteiger partial charge in [-0.05, 0) is 19.4 Å². The smallest absolute Gasteiger partial charge is 0.349 e. The molecule has 184 valence electrons. The van der Waals surface area contributed by atoms with Gasteiger partial charge in [-0.2, -0.15) is 0 Å². The summed E-state index contributed by atoms with van der Waals surface area (Å²) in [5.74, 6) is -8.29. The maximum atomic E-state index is 14.2. The van der Waals surface area contributed by atoms with Crippen molar-refractivity contribution in [3.8, 4) is 0 Å². The van der Waals surface area contributed by atoms with E-state index in [0.717, 1.165) is 12.0 Å². The number of likely N-dealkylation sites (tertiary alicyclic amines) is 1. The number of hydrogen-bond acceptors (Lipinski definition) is 9. The van der Waals surface area contributed by atoms with Crippen molar-refractivity contribution in [3.63, 3.8) is 0 Å². The molecule has 11 nitrogen and oxygen atoms in total. The lowest BCUT2D eigenvalue weighted by Gasteiger charge is -2.55. The number of benzene rings is 1. The summed E-state index contributed by atoms with van der Waals surface area (Å²) in [5, 5.41) is 0. The molecular weight excluding hydrogens is 458 g/mol. The van der Waals surface area contributed by atoms with Crippen LogP contribution in [0.15, 0.2) is 41.6 Å². The highest BCUT2D eigenvalue weighted by Crippen LogP contribution is 2.65. The second kappa shape index (κ2) is 7.38. The summed E-state index contributed by atoms with van der Waals surface area (Å²) in [5.41, 5.74) is -1.25. The van der Waals surface area contributed by atoms with Crippen molar-refractivity contribution >= 4 is 29.7 Å². The number of esters is 2. The van der Waals surface area contributed by atoms with E-state index in [-0.39, 0.29) is 12.1 Å². The number of hydrogen-bond donors (Lipinski definition) is 0. The molecule has 1 aromatic carbocycles. The highest BCUT2D eigenvalue weighted by molar-refractivity contribution is 6.19. The normalized spacial score (nSPS) is 33.3. The third-order valence-corrected chi connectivity index (χ3v) is 7.60. The fourth-order valence-electron chi connectivity index (χ4n) is 6.22. The molecular formula is C24H25N3O8. The zero-order valence-electron chi connectivity index (χ0n) is 19.9. The third-order valence-electron chi connectivity index (χ3n) is 7.60. The number of methoxy groups -OCH3 is 2. The fraction of sp³-hybridized carbons (Fsp3) is 0.458. The van der Waals surface area contributed by atoms with Gasteiger partial charge in [0.25, 0.3) is 11.5 Å². The van der Waals surface area contributed by atoms with Gasteiger partial charge in [-0.3, -0.25) is 24.2 Å². The SMILES string of the molecule is CCN1C(C)=C(C(=O)OC)[C@@H](c2ccccc2)N2C(=O)[C@@]3(C(=O)OC)O[C@@]12[C@@H]1C(=O)N(C)C(=O)[C@@H]13. The van der Waals surface area contributed by atoms with Gasteiger partial charge in [0.2, 0.25) is 17.7 Å². The quantitative estimate of drug-likeness (QED) is 0.335. The van der Waals surface area contributed by atoms with Gasteiger partial charge in [0.05, 0.1) is 25.8 Å². The zero-order chi connectivity index (χ0) is 25.4. The topological polar surface area (TPSA) is 123 Å². The maximum Gasteiger partial charge on any atom is 0.349 e. The first-order valence-corrected chi connectivity index (χ1v) is 11.2. The first-order chi connectivity index (χ1) is 16.6. The summed E-state index contributed by atoms with van der Waals surface area (Å²) in [6, 6.07) is 7.69. The molecule has 0 aromatic heterocycles. The van der Waals surface area contributed by atoms with Gasteiger partial charge >= 0.3 is 11.9 Å². The van der Waals surface area contributed by atoms with Crippen molar-refractivity contribution < 1.29 is 38.2 Å². The molecule has 3 saturated heterocycles. The Morgan fingerprint density at radius 2 is 1.66 bits per heavy atom. The Balaban J connectivity index is 1.87. The van der Waals surface area contributed by atoms with Crippen molar-refractivity contribution in [1.82, 2.24) is 14.7 Å². The number of carbonyl (C=O) groups excluding carboxylic acids is 5. The second-order valence-corrected chi connectivity index (χ2v) is 8.90. The number of rotatable bonds is 4. The van der Waals surface area contributed by atoms with Crippen LogP contribution in [0.3, 0.4) is 0 Å². The van der Waals surface area contributed by atoms with Gasteiger partial charge in [-0.25, -0.2) is 9.59 Å². The van der Waals surface area contributed by atoms with Gasteiger partial charge < -0.3 is 19.1 Å². The van der Waals surface area contributed by atoms with Crippen LogP contribution < -0.4 is 0 Å². The van der Waals surface area contributed by atoms with E-state index < -0.39 is 59.0 Å². The van der Waals surface area contributed by atoms with E-state index in [4.69, 9.17) is 14.2 Å². The van der Waals surface area contributed by atoms with Crippen LogP contribution in [0.2, 0.25) is 0 Å². The molecule has 35 heavy (non-hydrogen) atoms. The minimum absolute atomic E-state index is 0.164. The summed E-state index contributed by atoms with van der Waals surface area (Å²) in [6.45, 7) is 3.63. The number of ether oxygens (including phenoxy) is 3. The monoisotopic (exact) mass is 483 g/mol. The molecule has 11 heteroatoms. The minimum Gasteiger partial charge on any atom is -0.466 e. The van der Waals surface area contributed by atoms with E-state index in [1.54, 1.807) is 49.1 Å². The standard InChI is InChI=1S/C24H25N3O8/c1-6-26-12(2)14(20(30)33-4)17(13-10-8-7-9-11-13)27-21(31)23(22(32)34-5)15-16(24(26,27)35-23)19(29)25(3)18(15)28/h7-11,15-17H,6H2,1-5H3/t15-,16+,17-,23+,24+/m1/s1. The number of amides is 3. The third kappa shape index (κ3) is 2.41. The summed E-state index contributed by atoms with van der Waals surface area (Å²) < 4.78 is 16.4. The molecule has 4 aliphatic rings. The first-order valence-electron chi connectivity index (χ1n) is 11.2. The number of carbonyl (C=O) groups is 5. The van der Waals surface area contributed by atoms with Gasteiger partial charge in [0.15, 0.2) is 0 Å². The molecule has 5 atom stereocenters. The lowest BCUT2D eigenvalue weighted by molar-refractivity contribution is -0.224. The van der Waals surface area contributed by atoms with Crippen LogP contribution in [0.4, 0.5) is 0 Å². The molecule has 0 aliphatic carbocycles. The van der Waals surface area contributed by atoms with Gasteiger partial charge in [0, 0.05) is 19.3 Å². The molecule has 5 rings (SSSR count). The molecule has 1 aromatic rings. The van der Waals surface area contributed by atoms with Crippen LogP contribution in [0.25, 0.3) is 0 Å². The molecule has 2 bridgehead atoms. The maximum absolute atomic E-state index is 14.2. The largest absolute Gasteiger partial charge is 0.466 e. The molecule has 4 aliphatic heterocycles. The first kappa shape index (κ1) is 23.0. The van der Waals surface area contributed by atoms with E-state index in [9.17, 15) is 24.0 Å². The lowest BCUT2D eigenvalue weighted by atomic mass is 9.73. The number of piperidine rings is 1. The van der Waals surface area contributed by atoms with E-state index in [2.05, 4.69) is 0 Å². The Kier molecular flexibility index (Phi) is 4.86. The molecule has 3 amide bonds. The zero-order valence-corrected chi connectivity index (χ0v) is 19.9. The van der Waals surface area contributed by atoms with Crippen molar-refractivity contribution in [2.45, 2.75) is 31.3 Å². The number of nitrogens with zero attached hydrogens (tertiary/aromatic N) is 3. The summed E-state index contributed by atoms with van der Waals surface area (Å²) in [7, 11) is 3.64. The molecule has 3 fully saturated rings. The van der Waals surface area contributed by atoms with Crippen LogP contribution in [-0.2, 0) is 38.2 Å². The van der Waals surface area contributed by atoms with Crippen LogP contribution >= 0.6 is 0 Å². The highest BCUT2D eigenvalue weighted by Gasteiger charge is 2.88. The lowest BCUT2D eigenvalue weighted by Crippen LogP contribution is -2.70. The van der Waals surface area contributed by atoms with E-state index in [1.165, 1.54) is 19.1 Å². The second-order valence-electron chi connectivity index (χ2n) is 8.90. The van der Waals surface area contributed by atoms with Gasteiger partial charge in [-0.1, -0.05) is 30.3 Å². The van der Waals surface area contributed by atoms with E-state index >= 15 is 0 Å². The summed E-state index contributed by atoms with van der Waals surface area (Å²) >= 11 is 0. The average molecular weight is 483 g/mol. The summed E-state index contributed by atoms with van der Waals surface area (Å²) in [4.78, 5) is 71.0. The van der Waals surface area contributed by atoms with Crippen molar-refractivity contribution in [2.24, 2.45) is 11.8 Å². The summed E-state index contributed by atoms with van der Waals surface area (Å²) in [6.07, 6.45) is 0. The van der Waals surface area contributed by atoms with Crippen LogP contribution in [0.1, 0.15) is 25.5 Å². The predicted molar refractivity (Wildman–Crippen MR) is 116 cm³/mol. The molecule has 4 heterocycles. The Morgan fingerprint density at radius 1 is 1.03 bits per heavy atom. The van der Waals surface area contributed by atoms with Crippen LogP contribution in [0, 0.1) is 11.8 Å². The Morgan fingerprint density at radius 3 is 2.23 bits per heavy atom. The average Bonchev–Trinajstić information content (AvgIpc) is 3.41. The number of allylic oxidation sites excluding steroid dienone is 1. The Hall–Kier alpha value is -3.73. The van der Waals surface area contributed by atoms with Crippen molar-refractivity contribution in [3.05, 3.63) is 47.2 Å². The molecule has 1 spiro atoms. The molecule has 0 saturated carbocycles. The molecule has 0 unspecified atom stereocenters. The predicted octanol–water partition coefficient (Wildman–Crippen LogP) is 0.179. The fourth-order valence-corrected chi connectivity index (χ4v) is 6.22. The van der Waals surface area contributed by atoms with Crippen LogP contribution in [-0.4, -0.2) is 83.6 Å². The molecule has 0 N–H and O–H groups in total. The Labute approximate surface area is 201 Å². The Bertz CT molecular complexity index is 1210. The van der Waals surface area contributed by atoms with Gasteiger partial charge in [0.1, 0.15) is 11.8 Å². The number of fused-ring (bicyclic) bond motifs is 3. The van der Waals surface area contributed by atoms with E-state index in [1.807, 2.05) is 0 Å². The van der Waals surface area contributed by atoms with Crippen molar-refractivity contribution in [1.29, 1.82) is 0 Å². The van der Waals surface area contributed by atoms with Crippen molar-refractivity contribution in [2.75, 3.05) is 27.8 Å². The number of imide groups is 1.